The van der Waals surface area contributed by atoms with E-state index in [1.54, 1.807) is 0 Å². The van der Waals surface area contributed by atoms with Crippen molar-refractivity contribution in [3.63, 3.8) is 0 Å². The molecule has 0 fully saturated rings. The summed E-state index contributed by atoms with van der Waals surface area (Å²) in [5.41, 5.74) is 1.07. The highest BCUT2D eigenvalue weighted by Crippen LogP contribution is 2.09. The van der Waals surface area contributed by atoms with Crippen molar-refractivity contribution >= 4 is 23.9 Å². The van der Waals surface area contributed by atoms with Gasteiger partial charge in [-0.05, 0) is 62.4 Å². The Morgan fingerprint density at radius 3 is 1.29 bits per heavy atom. The van der Waals surface area contributed by atoms with Gasteiger partial charge in [0.1, 0.15) is 13.2 Å². The standard InChI is InChI=1S/C24H20N2O8/c1-15(33-23(29)19-7-3-17(13-25)4-8-19)21(27)31-11-12-32-22(28)16(2)34-24(30)20-9-5-18(14-26)6-10-20/h3-10,15-16H,11-12H2,1-2H3. The Bertz CT molecular complexity index is 1040. The monoisotopic (exact) mass is 464 g/mol. The molecule has 0 aliphatic heterocycles. The number of carbonyl (C=O) groups is 4. The van der Waals surface area contributed by atoms with Crippen LogP contribution in [0.4, 0.5) is 0 Å². The van der Waals surface area contributed by atoms with Gasteiger partial charge in [0.2, 0.25) is 0 Å². The summed E-state index contributed by atoms with van der Waals surface area (Å²) in [6.45, 7) is 2.03. The molecule has 10 heteroatoms. The van der Waals surface area contributed by atoms with E-state index in [4.69, 9.17) is 29.5 Å². The summed E-state index contributed by atoms with van der Waals surface area (Å²) in [5, 5.41) is 17.5. The third-order valence-corrected chi connectivity index (χ3v) is 4.30. The second-order valence-corrected chi connectivity index (χ2v) is 6.81. The van der Waals surface area contributed by atoms with Crippen LogP contribution >= 0.6 is 0 Å². The van der Waals surface area contributed by atoms with Crippen LogP contribution in [0.25, 0.3) is 0 Å². The smallest absolute Gasteiger partial charge is 0.347 e. The van der Waals surface area contributed by atoms with Crippen molar-refractivity contribution in [2.75, 3.05) is 13.2 Å². The molecule has 0 spiro atoms. The van der Waals surface area contributed by atoms with Gasteiger partial charge in [0.25, 0.3) is 0 Å². The number of nitriles is 2. The number of carbonyl (C=O) groups excluding carboxylic acids is 4. The van der Waals surface area contributed by atoms with Crippen molar-refractivity contribution < 1.29 is 38.1 Å². The number of hydrogen-bond acceptors (Lipinski definition) is 10. The molecule has 0 saturated heterocycles. The lowest BCUT2D eigenvalue weighted by Crippen LogP contribution is -2.29. The fourth-order valence-electron chi connectivity index (χ4n) is 2.43. The third kappa shape index (κ3) is 7.46. The van der Waals surface area contributed by atoms with E-state index in [-0.39, 0.29) is 24.3 Å². The first-order valence-corrected chi connectivity index (χ1v) is 10.0. The molecule has 0 aliphatic carbocycles. The molecule has 0 aromatic heterocycles. The Kier molecular flexibility index (Phi) is 9.30. The van der Waals surface area contributed by atoms with Crippen LogP contribution < -0.4 is 0 Å². The number of benzene rings is 2. The molecular formula is C24H20N2O8. The fraction of sp³-hybridized carbons (Fsp3) is 0.250. The van der Waals surface area contributed by atoms with E-state index in [2.05, 4.69) is 0 Å². The van der Waals surface area contributed by atoms with Crippen molar-refractivity contribution in [1.82, 2.24) is 0 Å². The van der Waals surface area contributed by atoms with Crippen LogP contribution in [0.1, 0.15) is 45.7 Å². The van der Waals surface area contributed by atoms with Crippen LogP contribution in [0.5, 0.6) is 0 Å². The summed E-state index contributed by atoms with van der Waals surface area (Å²) in [6, 6.07) is 15.2. The van der Waals surface area contributed by atoms with E-state index in [9.17, 15) is 19.2 Å². The minimum absolute atomic E-state index is 0.164. The predicted octanol–water partition coefficient (Wildman–Crippen LogP) is 2.31. The van der Waals surface area contributed by atoms with Gasteiger partial charge in [-0.2, -0.15) is 10.5 Å². The fourth-order valence-corrected chi connectivity index (χ4v) is 2.43. The molecule has 2 rings (SSSR count). The number of rotatable bonds is 9. The Morgan fingerprint density at radius 2 is 1.00 bits per heavy atom. The van der Waals surface area contributed by atoms with Crippen LogP contribution in [-0.2, 0) is 28.5 Å². The van der Waals surface area contributed by atoms with Gasteiger partial charge in [-0.3, -0.25) is 0 Å². The Labute approximate surface area is 195 Å². The van der Waals surface area contributed by atoms with Gasteiger partial charge < -0.3 is 18.9 Å². The zero-order valence-electron chi connectivity index (χ0n) is 18.3. The van der Waals surface area contributed by atoms with Gasteiger partial charge in [0.05, 0.1) is 34.4 Å². The highest BCUT2D eigenvalue weighted by Gasteiger charge is 2.22. The first-order chi connectivity index (χ1) is 16.2. The lowest BCUT2D eigenvalue weighted by atomic mass is 10.1. The minimum Gasteiger partial charge on any atom is -0.459 e. The van der Waals surface area contributed by atoms with Gasteiger partial charge in [0.15, 0.2) is 12.2 Å². The van der Waals surface area contributed by atoms with E-state index in [1.807, 2.05) is 12.1 Å². The first-order valence-electron chi connectivity index (χ1n) is 10.0. The molecule has 0 amide bonds. The largest absolute Gasteiger partial charge is 0.459 e. The summed E-state index contributed by atoms with van der Waals surface area (Å²) in [5.74, 6) is -3.23. The van der Waals surface area contributed by atoms with Crippen molar-refractivity contribution in [2.24, 2.45) is 0 Å². The normalized spacial score (nSPS) is 11.6. The number of nitrogens with zero attached hydrogens (tertiary/aromatic N) is 2. The summed E-state index contributed by atoms with van der Waals surface area (Å²) < 4.78 is 19.8. The molecule has 0 saturated carbocycles. The average molecular weight is 464 g/mol. The van der Waals surface area contributed by atoms with Gasteiger partial charge >= 0.3 is 23.9 Å². The van der Waals surface area contributed by atoms with E-state index >= 15 is 0 Å². The zero-order valence-corrected chi connectivity index (χ0v) is 18.3. The van der Waals surface area contributed by atoms with Gasteiger partial charge in [-0.25, -0.2) is 19.2 Å². The quantitative estimate of drug-likeness (QED) is 0.307. The molecule has 0 aliphatic rings. The number of esters is 4. The van der Waals surface area contributed by atoms with Crippen LogP contribution in [-0.4, -0.2) is 49.3 Å². The zero-order chi connectivity index (χ0) is 25.1. The molecule has 174 valence electrons. The number of ether oxygens (including phenoxy) is 4. The minimum atomic E-state index is -1.22. The highest BCUT2D eigenvalue weighted by molar-refractivity contribution is 5.92. The molecule has 0 N–H and O–H groups in total. The van der Waals surface area contributed by atoms with Crippen molar-refractivity contribution in [3.05, 3.63) is 70.8 Å². The molecule has 2 atom stereocenters. The highest BCUT2D eigenvalue weighted by atomic mass is 16.6. The second-order valence-electron chi connectivity index (χ2n) is 6.81. The van der Waals surface area contributed by atoms with E-state index < -0.39 is 36.1 Å². The van der Waals surface area contributed by atoms with E-state index in [0.717, 1.165) is 0 Å². The molecule has 2 unspecified atom stereocenters. The summed E-state index contributed by atoms with van der Waals surface area (Å²) >= 11 is 0. The summed E-state index contributed by atoms with van der Waals surface area (Å²) in [7, 11) is 0. The maximum absolute atomic E-state index is 12.0. The van der Waals surface area contributed by atoms with Crippen molar-refractivity contribution in [2.45, 2.75) is 26.1 Å². The lowest BCUT2D eigenvalue weighted by molar-refractivity contribution is -0.161. The van der Waals surface area contributed by atoms with Crippen LogP contribution in [0.15, 0.2) is 48.5 Å². The van der Waals surface area contributed by atoms with Gasteiger partial charge in [-0.15, -0.1) is 0 Å². The predicted molar refractivity (Wildman–Crippen MR) is 114 cm³/mol. The van der Waals surface area contributed by atoms with Crippen molar-refractivity contribution in [1.29, 1.82) is 10.5 Å². The topological polar surface area (TPSA) is 153 Å². The molecule has 10 nitrogen and oxygen atoms in total. The van der Waals surface area contributed by atoms with Crippen LogP contribution in [0.2, 0.25) is 0 Å². The maximum atomic E-state index is 12.0. The number of hydrogen-bond donors (Lipinski definition) is 0. The SMILES string of the molecule is CC(OC(=O)c1ccc(C#N)cc1)C(=O)OCCOC(=O)C(C)OC(=O)c1ccc(C#N)cc1. The molecule has 0 heterocycles. The van der Waals surface area contributed by atoms with Crippen LogP contribution in [0, 0.1) is 22.7 Å². The molecule has 2 aromatic carbocycles. The van der Waals surface area contributed by atoms with E-state index in [0.29, 0.717) is 11.1 Å². The molecule has 0 radical (unpaired) electrons. The molecule has 34 heavy (non-hydrogen) atoms. The van der Waals surface area contributed by atoms with Gasteiger partial charge in [-0.1, -0.05) is 0 Å². The van der Waals surface area contributed by atoms with Crippen LogP contribution in [0.3, 0.4) is 0 Å². The first kappa shape index (κ1) is 25.6. The van der Waals surface area contributed by atoms with E-state index in [1.165, 1.54) is 62.4 Å². The third-order valence-electron chi connectivity index (χ3n) is 4.30. The Morgan fingerprint density at radius 1 is 0.676 bits per heavy atom. The lowest BCUT2D eigenvalue weighted by Gasteiger charge is -2.14. The summed E-state index contributed by atoms with van der Waals surface area (Å²) in [4.78, 5) is 48.0. The molecular weight excluding hydrogens is 444 g/mol. The second kappa shape index (κ2) is 12.4. The maximum Gasteiger partial charge on any atom is 0.347 e. The average Bonchev–Trinajstić information content (AvgIpc) is 2.86. The van der Waals surface area contributed by atoms with Crippen molar-refractivity contribution in [3.8, 4) is 12.1 Å². The Balaban J connectivity index is 1.70. The molecule has 0 bridgehead atoms. The van der Waals surface area contributed by atoms with Gasteiger partial charge in [0, 0.05) is 0 Å². The molecule has 2 aromatic rings. The summed E-state index contributed by atoms with van der Waals surface area (Å²) in [6.07, 6.45) is -2.43. The Hall–Kier alpha value is -4.70.